The van der Waals surface area contributed by atoms with Crippen LogP contribution in [0.15, 0.2) is 23.3 Å². The Bertz CT molecular complexity index is 357. The molecule has 74 valence electrons. The van der Waals surface area contributed by atoms with Gasteiger partial charge >= 0.3 is 0 Å². The zero-order valence-corrected chi connectivity index (χ0v) is 8.57. The number of benzene rings is 1. The van der Waals surface area contributed by atoms with E-state index in [1.807, 2.05) is 0 Å². The standard InChI is InChI=1S/C8H7Cl2N3O/c9-6-1-5(2-7(10)3-6)8(4-14)12-13-11/h1-3,8,14H,4H2. The highest BCUT2D eigenvalue weighted by molar-refractivity contribution is 6.34. The van der Waals surface area contributed by atoms with Gasteiger partial charge < -0.3 is 5.11 Å². The van der Waals surface area contributed by atoms with Gasteiger partial charge in [0.25, 0.3) is 0 Å². The van der Waals surface area contributed by atoms with E-state index in [4.69, 9.17) is 33.8 Å². The summed E-state index contributed by atoms with van der Waals surface area (Å²) in [5, 5.41) is 13.2. The molecule has 1 rings (SSSR count). The number of rotatable bonds is 3. The second kappa shape index (κ2) is 5.08. The van der Waals surface area contributed by atoms with E-state index in [-0.39, 0.29) is 6.61 Å². The number of hydrogen-bond acceptors (Lipinski definition) is 2. The lowest BCUT2D eigenvalue weighted by Crippen LogP contribution is -1.99. The zero-order valence-electron chi connectivity index (χ0n) is 7.06. The number of aliphatic hydroxyl groups excluding tert-OH is 1. The van der Waals surface area contributed by atoms with Gasteiger partial charge in [-0.2, -0.15) is 0 Å². The predicted octanol–water partition coefficient (Wildman–Crippen LogP) is 3.34. The van der Waals surface area contributed by atoms with E-state index >= 15 is 0 Å². The van der Waals surface area contributed by atoms with E-state index in [2.05, 4.69) is 10.0 Å². The third-order valence-corrected chi connectivity index (χ3v) is 2.07. The molecule has 0 bridgehead atoms. The molecule has 0 radical (unpaired) electrons. The van der Waals surface area contributed by atoms with Gasteiger partial charge in [0.15, 0.2) is 0 Å². The second-order valence-corrected chi connectivity index (χ2v) is 3.48. The maximum atomic E-state index is 8.94. The van der Waals surface area contributed by atoms with Crippen LogP contribution in [0.4, 0.5) is 0 Å². The Morgan fingerprint density at radius 1 is 1.36 bits per heavy atom. The van der Waals surface area contributed by atoms with Gasteiger partial charge in [-0.3, -0.25) is 0 Å². The molecule has 1 unspecified atom stereocenters. The molecule has 0 aliphatic rings. The van der Waals surface area contributed by atoms with Gasteiger partial charge in [0.05, 0.1) is 12.6 Å². The van der Waals surface area contributed by atoms with Gasteiger partial charge in [-0.15, -0.1) is 0 Å². The summed E-state index contributed by atoms with van der Waals surface area (Å²) < 4.78 is 0. The number of azide groups is 1. The van der Waals surface area contributed by atoms with Crippen LogP contribution in [-0.4, -0.2) is 11.7 Å². The normalized spacial score (nSPS) is 11.9. The quantitative estimate of drug-likeness (QED) is 0.484. The lowest BCUT2D eigenvalue weighted by atomic mass is 10.1. The molecule has 4 nitrogen and oxygen atoms in total. The van der Waals surface area contributed by atoms with Gasteiger partial charge in [0.1, 0.15) is 0 Å². The third kappa shape index (κ3) is 2.79. The minimum atomic E-state index is -0.642. The Balaban J connectivity index is 3.09. The fourth-order valence-corrected chi connectivity index (χ4v) is 1.58. The number of nitrogens with zero attached hydrogens (tertiary/aromatic N) is 3. The highest BCUT2D eigenvalue weighted by Crippen LogP contribution is 2.25. The molecular weight excluding hydrogens is 225 g/mol. The summed E-state index contributed by atoms with van der Waals surface area (Å²) in [6.45, 7) is -0.277. The van der Waals surface area contributed by atoms with Crippen molar-refractivity contribution in [3.8, 4) is 0 Å². The summed E-state index contributed by atoms with van der Waals surface area (Å²) in [6.07, 6.45) is 0. The zero-order chi connectivity index (χ0) is 10.6. The van der Waals surface area contributed by atoms with E-state index in [0.29, 0.717) is 15.6 Å². The van der Waals surface area contributed by atoms with Crippen molar-refractivity contribution in [1.82, 2.24) is 0 Å². The average molecular weight is 232 g/mol. The van der Waals surface area contributed by atoms with Crippen molar-refractivity contribution in [3.05, 3.63) is 44.3 Å². The summed E-state index contributed by atoms with van der Waals surface area (Å²) in [6, 6.07) is 4.12. The lowest BCUT2D eigenvalue weighted by Gasteiger charge is -2.08. The number of aliphatic hydroxyl groups is 1. The molecule has 0 saturated carbocycles. The molecule has 0 fully saturated rings. The first-order chi connectivity index (χ1) is 6.67. The molecule has 14 heavy (non-hydrogen) atoms. The smallest absolute Gasteiger partial charge is 0.0857 e. The Kier molecular flexibility index (Phi) is 4.04. The maximum absolute atomic E-state index is 8.94. The van der Waals surface area contributed by atoms with Crippen LogP contribution in [0.3, 0.4) is 0 Å². The van der Waals surface area contributed by atoms with Crippen LogP contribution in [0, 0.1) is 0 Å². The molecule has 0 aromatic heterocycles. The van der Waals surface area contributed by atoms with Gasteiger partial charge in [-0.05, 0) is 29.3 Å². The highest BCUT2D eigenvalue weighted by Gasteiger charge is 2.09. The van der Waals surface area contributed by atoms with Crippen LogP contribution in [0.1, 0.15) is 11.6 Å². The van der Waals surface area contributed by atoms with Crippen molar-refractivity contribution in [1.29, 1.82) is 0 Å². The number of halogens is 2. The second-order valence-electron chi connectivity index (χ2n) is 2.61. The van der Waals surface area contributed by atoms with Gasteiger partial charge in [-0.25, -0.2) is 0 Å². The van der Waals surface area contributed by atoms with Crippen molar-refractivity contribution in [2.75, 3.05) is 6.61 Å². The summed E-state index contributed by atoms with van der Waals surface area (Å²) in [5.74, 6) is 0. The maximum Gasteiger partial charge on any atom is 0.0857 e. The molecule has 0 amide bonds. The molecule has 1 N–H and O–H groups in total. The Morgan fingerprint density at radius 2 is 1.93 bits per heavy atom. The first-order valence-electron chi connectivity index (χ1n) is 3.78. The van der Waals surface area contributed by atoms with E-state index in [0.717, 1.165) is 0 Å². The third-order valence-electron chi connectivity index (χ3n) is 1.63. The first-order valence-corrected chi connectivity index (χ1v) is 4.54. The molecule has 1 atom stereocenters. The topological polar surface area (TPSA) is 69.0 Å². The summed E-state index contributed by atoms with van der Waals surface area (Å²) in [7, 11) is 0. The van der Waals surface area contributed by atoms with Crippen molar-refractivity contribution < 1.29 is 5.11 Å². The molecule has 0 heterocycles. The van der Waals surface area contributed by atoms with Gasteiger partial charge in [0, 0.05) is 15.0 Å². The van der Waals surface area contributed by atoms with Crippen LogP contribution in [0.2, 0.25) is 10.0 Å². The first kappa shape index (κ1) is 11.1. The molecule has 6 heteroatoms. The minimum Gasteiger partial charge on any atom is -0.396 e. The fraction of sp³-hybridized carbons (Fsp3) is 0.250. The van der Waals surface area contributed by atoms with E-state index < -0.39 is 6.04 Å². The lowest BCUT2D eigenvalue weighted by molar-refractivity contribution is 0.268. The Labute approximate surface area is 90.7 Å². The summed E-state index contributed by atoms with van der Waals surface area (Å²) in [5.41, 5.74) is 8.85. The highest BCUT2D eigenvalue weighted by atomic mass is 35.5. The van der Waals surface area contributed by atoms with E-state index in [1.54, 1.807) is 18.2 Å². The van der Waals surface area contributed by atoms with Crippen molar-refractivity contribution in [2.45, 2.75) is 6.04 Å². The van der Waals surface area contributed by atoms with Crippen LogP contribution >= 0.6 is 23.2 Å². The van der Waals surface area contributed by atoms with Crippen LogP contribution in [0.5, 0.6) is 0 Å². The Morgan fingerprint density at radius 3 is 2.36 bits per heavy atom. The van der Waals surface area contributed by atoms with Crippen LogP contribution in [0.25, 0.3) is 10.4 Å². The molecule has 1 aromatic carbocycles. The molecule has 0 aliphatic carbocycles. The van der Waals surface area contributed by atoms with Crippen molar-refractivity contribution in [3.63, 3.8) is 0 Å². The molecular formula is C8H7Cl2N3O. The van der Waals surface area contributed by atoms with Gasteiger partial charge in [-0.1, -0.05) is 28.3 Å². The predicted molar refractivity (Wildman–Crippen MR) is 55.4 cm³/mol. The van der Waals surface area contributed by atoms with Crippen molar-refractivity contribution >= 4 is 23.2 Å². The minimum absolute atomic E-state index is 0.277. The molecule has 0 aliphatic heterocycles. The van der Waals surface area contributed by atoms with E-state index in [1.165, 1.54) is 0 Å². The summed E-state index contributed by atoms with van der Waals surface area (Å²) in [4.78, 5) is 2.62. The molecule has 1 aromatic rings. The van der Waals surface area contributed by atoms with E-state index in [9.17, 15) is 0 Å². The van der Waals surface area contributed by atoms with Gasteiger partial charge in [0.2, 0.25) is 0 Å². The molecule has 0 spiro atoms. The van der Waals surface area contributed by atoms with Crippen LogP contribution in [-0.2, 0) is 0 Å². The Hall–Kier alpha value is -0.930. The fourth-order valence-electron chi connectivity index (χ4n) is 1.04. The molecule has 0 saturated heterocycles. The number of hydrogen-bond donors (Lipinski definition) is 1. The van der Waals surface area contributed by atoms with Crippen LogP contribution < -0.4 is 0 Å². The largest absolute Gasteiger partial charge is 0.396 e. The van der Waals surface area contributed by atoms with Crippen molar-refractivity contribution in [2.24, 2.45) is 5.11 Å². The SMILES string of the molecule is [N-]=[N+]=NC(CO)c1cc(Cl)cc(Cl)c1. The summed E-state index contributed by atoms with van der Waals surface area (Å²) >= 11 is 11.5. The monoisotopic (exact) mass is 231 g/mol. The average Bonchev–Trinajstić information content (AvgIpc) is 2.12.